The Morgan fingerprint density at radius 1 is 0.889 bits per heavy atom. The van der Waals surface area contributed by atoms with E-state index in [0.717, 1.165) is 5.56 Å². The molecule has 0 aliphatic carbocycles. The Kier molecular flexibility index (Phi) is 6.71. The smallest absolute Gasteiger partial charge is 0.255 e. The highest BCUT2D eigenvalue weighted by Gasteiger charge is 2.23. The fraction of sp³-hybridized carbons (Fsp3) is 0.286. The second-order valence-corrected chi connectivity index (χ2v) is 6.82. The Morgan fingerprint density at radius 2 is 1.52 bits per heavy atom. The van der Waals surface area contributed by atoms with Crippen LogP contribution in [0.2, 0.25) is 0 Å². The van der Waals surface area contributed by atoms with Crippen LogP contribution in [0.15, 0.2) is 48.5 Å². The van der Waals surface area contributed by atoms with Crippen LogP contribution in [0, 0.1) is 12.8 Å². The van der Waals surface area contributed by atoms with Crippen molar-refractivity contribution in [1.82, 2.24) is 5.32 Å². The van der Waals surface area contributed by atoms with Gasteiger partial charge in [-0.05, 0) is 43.2 Å². The zero-order valence-corrected chi connectivity index (χ0v) is 16.0. The van der Waals surface area contributed by atoms with Crippen LogP contribution in [0.3, 0.4) is 0 Å². The van der Waals surface area contributed by atoms with E-state index in [1.807, 2.05) is 39.0 Å². The zero-order chi connectivity index (χ0) is 20.0. The summed E-state index contributed by atoms with van der Waals surface area (Å²) in [7, 11) is 0. The lowest BCUT2D eigenvalue weighted by Gasteiger charge is -2.21. The highest BCUT2D eigenvalue weighted by Crippen LogP contribution is 2.17. The molecule has 0 heterocycles. The molecule has 0 aliphatic heterocycles. The number of anilines is 2. The van der Waals surface area contributed by atoms with E-state index in [1.54, 1.807) is 30.3 Å². The van der Waals surface area contributed by atoms with Gasteiger partial charge in [-0.1, -0.05) is 37.6 Å². The van der Waals surface area contributed by atoms with E-state index in [0.29, 0.717) is 16.9 Å². The third kappa shape index (κ3) is 5.95. The van der Waals surface area contributed by atoms with Crippen LogP contribution in [0.5, 0.6) is 0 Å². The van der Waals surface area contributed by atoms with Gasteiger partial charge in [-0.25, -0.2) is 0 Å². The SMILES string of the molecule is CC(=O)N[C@@H](C(=O)Nc1cccc(NC(=O)c2cccc(C)c2)c1)C(C)C. The van der Waals surface area contributed by atoms with Crippen LogP contribution in [0.25, 0.3) is 0 Å². The van der Waals surface area contributed by atoms with Gasteiger partial charge >= 0.3 is 0 Å². The minimum Gasteiger partial charge on any atom is -0.344 e. The van der Waals surface area contributed by atoms with Gasteiger partial charge in [0.1, 0.15) is 6.04 Å². The maximum atomic E-state index is 12.5. The summed E-state index contributed by atoms with van der Waals surface area (Å²) in [5, 5.41) is 8.26. The molecule has 27 heavy (non-hydrogen) atoms. The van der Waals surface area contributed by atoms with Crippen LogP contribution < -0.4 is 16.0 Å². The number of nitrogens with one attached hydrogen (secondary N) is 3. The molecule has 6 nitrogen and oxygen atoms in total. The van der Waals surface area contributed by atoms with Gasteiger partial charge in [-0.15, -0.1) is 0 Å². The fourth-order valence-electron chi connectivity index (χ4n) is 2.64. The summed E-state index contributed by atoms with van der Waals surface area (Å²) in [6, 6.07) is 13.6. The van der Waals surface area contributed by atoms with Crippen molar-refractivity contribution in [1.29, 1.82) is 0 Å². The molecule has 3 N–H and O–H groups in total. The van der Waals surface area contributed by atoms with Crippen molar-refractivity contribution >= 4 is 29.1 Å². The molecule has 1 atom stereocenters. The summed E-state index contributed by atoms with van der Waals surface area (Å²) in [6.07, 6.45) is 0. The van der Waals surface area contributed by atoms with Crippen molar-refractivity contribution in [2.45, 2.75) is 33.7 Å². The zero-order valence-electron chi connectivity index (χ0n) is 16.0. The van der Waals surface area contributed by atoms with Crippen LogP contribution in [0.4, 0.5) is 11.4 Å². The van der Waals surface area contributed by atoms with E-state index in [4.69, 9.17) is 0 Å². The van der Waals surface area contributed by atoms with Crippen LogP contribution in [-0.4, -0.2) is 23.8 Å². The molecule has 0 fully saturated rings. The molecule has 0 aliphatic rings. The maximum absolute atomic E-state index is 12.5. The Bertz CT molecular complexity index is 846. The predicted molar refractivity (Wildman–Crippen MR) is 107 cm³/mol. The number of aryl methyl sites for hydroxylation is 1. The number of hydrogen-bond donors (Lipinski definition) is 3. The van der Waals surface area contributed by atoms with Crippen LogP contribution in [0.1, 0.15) is 36.7 Å². The molecule has 2 aromatic rings. The molecule has 0 spiro atoms. The molecule has 0 saturated carbocycles. The summed E-state index contributed by atoms with van der Waals surface area (Å²) in [6.45, 7) is 7.02. The van der Waals surface area contributed by atoms with Gasteiger partial charge < -0.3 is 16.0 Å². The van der Waals surface area contributed by atoms with Gasteiger partial charge in [0.25, 0.3) is 5.91 Å². The highest BCUT2D eigenvalue weighted by atomic mass is 16.2. The minimum absolute atomic E-state index is 0.0573. The van der Waals surface area contributed by atoms with Crippen molar-refractivity contribution in [2.24, 2.45) is 5.92 Å². The number of carbonyl (C=O) groups is 3. The second kappa shape index (κ2) is 8.98. The van der Waals surface area contributed by atoms with Crippen molar-refractivity contribution in [3.8, 4) is 0 Å². The minimum atomic E-state index is -0.631. The second-order valence-electron chi connectivity index (χ2n) is 6.82. The topological polar surface area (TPSA) is 87.3 Å². The number of carbonyl (C=O) groups excluding carboxylic acids is 3. The van der Waals surface area contributed by atoms with Crippen LogP contribution >= 0.6 is 0 Å². The first-order chi connectivity index (χ1) is 12.8. The normalized spacial score (nSPS) is 11.6. The van der Waals surface area contributed by atoms with Gasteiger partial charge in [-0.2, -0.15) is 0 Å². The quantitative estimate of drug-likeness (QED) is 0.732. The number of hydrogen-bond acceptors (Lipinski definition) is 3. The molecule has 0 saturated heterocycles. The summed E-state index contributed by atoms with van der Waals surface area (Å²) in [4.78, 5) is 36.2. The molecule has 2 rings (SSSR count). The summed E-state index contributed by atoms with van der Waals surface area (Å²) < 4.78 is 0. The predicted octanol–water partition coefficient (Wildman–Crippen LogP) is 3.35. The lowest BCUT2D eigenvalue weighted by Crippen LogP contribution is -2.46. The van der Waals surface area contributed by atoms with Crippen molar-refractivity contribution < 1.29 is 14.4 Å². The van der Waals surface area contributed by atoms with E-state index in [1.165, 1.54) is 6.92 Å². The first-order valence-electron chi connectivity index (χ1n) is 8.82. The van der Waals surface area contributed by atoms with Gasteiger partial charge in [0.2, 0.25) is 11.8 Å². The van der Waals surface area contributed by atoms with E-state index in [2.05, 4.69) is 16.0 Å². The van der Waals surface area contributed by atoms with E-state index < -0.39 is 6.04 Å². The van der Waals surface area contributed by atoms with E-state index >= 15 is 0 Å². The third-order valence-electron chi connectivity index (χ3n) is 3.98. The highest BCUT2D eigenvalue weighted by molar-refractivity contribution is 6.05. The number of rotatable bonds is 6. The van der Waals surface area contributed by atoms with Gasteiger partial charge in [-0.3, -0.25) is 14.4 Å². The third-order valence-corrected chi connectivity index (χ3v) is 3.98. The van der Waals surface area contributed by atoms with Gasteiger partial charge in [0.15, 0.2) is 0 Å². The lowest BCUT2D eigenvalue weighted by molar-refractivity contribution is -0.126. The van der Waals surface area contributed by atoms with Crippen molar-refractivity contribution in [2.75, 3.05) is 10.6 Å². The molecule has 142 valence electrons. The number of amides is 3. The molecule has 2 aromatic carbocycles. The summed E-state index contributed by atoms with van der Waals surface area (Å²) >= 11 is 0. The lowest BCUT2D eigenvalue weighted by atomic mass is 10.0. The molecule has 6 heteroatoms. The summed E-state index contributed by atoms with van der Waals surface area (Å²) in [5.74, 6) is -0.844. The molecular formula is C21H25N3O3. The Morgan fingerprint density at radius 3 is 2.11 bits per heavy atom. The number of benzene rings is 2. The largest absolute Gasteiger partial charge is 0.344 e. The average molecular weight is 367 g/mol. The van der Waals surface area contributed by atoms with Crippen molar-refractivity contribution in [3.63, 3.8) is 0 Å². The van der Waals surface area contributed by atoms with E-state index in [-0.39, 0.29) is 23.6 Å². The first kappa shape index (κ1) is 20.2. The molecule has 3 amide bonds. The fourth-order valence-corrected chi connectivity index (χ4v) is 2.64. The van der Waals surface area contributed by atoms with Crippen LogP contribution in [-0.2, 0) is 9.59 Å². The van der Waals surface area contributed by atoms with E-state index in [9.17, 15) is 14.4 Å². The molecule has 0 aromatic heterocycles. The van der Waals surface area contributed by atoms with Gasteiger partial charge in [0.05, 0.1) is 0 Å². The van der Waals surface area contributed by atoms with Gasteiger partial charge in [0, 0.05) is 23.9 Å². The molecule has 0 radical (unpaired) electrons. The Balaban J connectivity index is 2.09. The monoisotopic (exact) mass is 367 g/mol. The molecular weight excluding hydrogens is 342 g/mol. The maximum Gasteiger partial charge on any atom is 0.255 e. The Labute approximate surface area is 159 Å². The Hall–Kier alpha value is -3.15. The molecule has 0 unspecified atom stereocenters. The standard InChI is InChI=1S/C21H25N3O3/c1-13(2)19(22-15(4)25)21(27)24-18-10-6-9-17(12-18)23-20(26)16-8-5-7-14(3)11-16/h5-13,19H,1-4H3,(H,22,25)(H,23,26)(H,24,27)/t19-/m1/s1. The molecule has 0 bridgehead atoms. The first-order valence-corrected chi connectivity index (χ1v) is 8.82. The average Bonchev–Trinajstić information content (AvgIpc) is 2.59. The van der Waals surface area contributed by atoms with Crippen molar-refractivity contribution in [3.05, 3.63) is 59.7 Å². The summed E-state index contributed by atoms with van der Waals surface area (Å²) in [5.41, 5.74) is 2.68.